The lowest BCUT2D eigenvalue weighted by Gasteiger charge is -2.19. The molecule has 0 aromatic heterocycles. The molecule has 0 bridgehead atoms. The molecule has 24 heavy (non-hydrogen) atoms. The monoisotopic (exact) mass is 324 g/mol. The second-order valence-corrected chi connectivity index (χ2v) is 6.24. The smallest absolute Gasteiger partial charge is 0.0623 e. The van der Waals surface area contributed by atoms with Crippen LogP contribution in [-0.4, -0.2) is 12.4 Å². The molecule has 0 N–H and O–H groups in total. The van der Waals surface area contributed by atoms with E-state index in [0.717, 1.165) is 37.1 Å². The summed E-state index contributed by atoms with van der Waals surface area (Å²) < 4.78 is 0. The van der Waals surface area contributed by atoms with Gasteiger partial charge in [-0.3, -0.25) is 9.98 Å². The summed E-state index contributed by atoms with van der Waals surface area (Å²) in [5.74, 6) is 0.438. The minimum atomic E-state index is 0.438. The Bertz CT molecular complexity index is 610. The predicted octanol–water partition coefficient (Wildman–Crippen LogP) is 6.59. The van der Waals surface area contributed by atoms with Crippen LogP contribution < -0.4 is 0 Å². The number of allylic oxidation sites excluding steroid dienone is 8. The average Bonchev–Trinajstić information content (AvgIpc) is 2.59. The zero-order valence-electron chi connectivity index (χ0n) is 16.0. The fraction of sp³-hybridized carbons (Fsp3) is 0.455. The first kappa shape index (κ1) is 20.1. The number of rotatable bonds is 8. The zero-order chi connectivity index (χ0) is 17.9. The van der Waals surface area contributed by atoms with Gasteiger partial charge in [-0.2, -0.15) is 0 Å². The Morgan fingerprint density at radius 1 is 1.33 bits per heavy atom. The first-order valence-electron chi connectivity index (χ1n) is 8.89. The molecule has 0 saturated carbocycles. The molecule has 1 aliphatic heterocycles. The van der Waals surface area contributed by atoms with Crippen molar-refractivity contribution >= 4 is 12.4 Å². The highest BCUT2D eigenvalue weighted by molar-refractivity contribution is 5.63. The molecule has 0 radical (unpaired) electrons. The molecule has 1 atom stereocenters. The van der Waals surface area contributed by atoms with Crippen molar-refractivity contribution in [1.29, 1.82) is 0 Å². The van der Waals surface area contributed by atoms with Crippen LogP contribution in [0.25, 0.3) is 0 Å². The van der Waals surface area contributed by atoms with Crippen molar-refractivity contribution < 1.29 is 0 Å². The predicted molar refractivity (Wildman–Crippen MR) is 109 cm³/mol. The van der Waals surface area contributed by atoms with Gasteiger partial charge in [-0.05, 0) is 76.0 Å². The van der Waals surface area contributed by atoms with Gasteiger partial charge in [-0.1, -0.05) is 31.2 Å². The van der Waals surface area contributed by atoms with Crippen molar-refractivity contribution in [2.75, 3.05) is 0 Å². The molecule has 0 aromatic rings. The number of aliphatic imine (C=N–C) groups is 2. The maximum Gasteiger partial charge on any atom is 0.0623 e. The highest BCUT2D eigenvalue weighted by Gasteiger charge is 2.15. The summed E-state index contributed by atoms with van der Waals surface area (Å²) in [6, 6.07) is 0. The lowest BCUT2D eigenvalue weighted by atomic mass is 9.88. The zero-order valence-corrected chi connectivity index (χ0v) is 16.0. The number of hydrogen-bond donors (Lipinski definition) is 0. The maximum absolute atomic E-state index is 4.63. The van der Waals surface area contributed by atoms with Crippen LogP contribution in [0.1, 0.15) is 60.3 Å². The summed E-state index contributed by atoms with van der Waals surface area (Å²) in [6.45, 7) is 14.5. The van der Waals surface area contributed by atoms with Gasteiger partial charge >= 0.3 is 0 Å². The van der Waals surface area contributed by atoms with Crippen molar-refractivity contribution in [3.63, 3.8) is 0 Å². The number of nitrogens with zero attached hydrogens (tertiary/aromatic N) is 2. The average molecular weight is 325 g/mol. The van der Waals surface area contributed by atoms with Gasteiger partial charge in [0.15, 0.2) is 0 Å². The summed E-state index contributed by atoms with van der Waals surface area (Å²) >= 11 is 0. The molecule has 1 aliphatic rings. The van der Waals surface area contributed by atoms with E-state index < -0.39 is 0 Å². The molecule has 1 heterocycles. The largest absolute Gasteiger partial charge is 0.266 e. The first-order chi connectivity index (χ1) is 11.5. The molecule has 0 amide bonds. The Balaban J connectivity index is 3.22. The number of hydrogen-bond acceptors (Lipinski definition) is 2. The highest BCUT2D eigenvalue weighted by atomic mass is 14.7. The summed E-state index contributed by atoms with van der Waals surface area (Å²) in [6.07, 6.45) is 16.4. The Labute approximate surface area is 148 Å². The fourth-order valence-electron chi connectivity index (χ4n) is 2.88. The molecule has 0 aromatic carbocycles. The molecule has 130 valence electrons. The third-order valence-electron chi connectivity index (χ3n) is 4.44. The van der Waals surface area contributed by atoms with Crippen LogP contribution >= 0.6 is 0 Å². The van der Waals surface area contributed by atoms with Gasteiger partial charge in [0.05, 0.1) is 5.70 Å². The van der Waals surface area contributed by atoms with Crippen LogP contribution in [0.3, 0.4) is 0 Å². The molecule has 1 unspecified atom stereocenters. The molecular weight excluding hydrogens is 292 g/mol. The Morgan fingerprint density at radius 3 is 2.62 bits per heavy atom. The van der Waals surface area contributed by atoms with Gasteiger partial charge in [-0.25, -0.2) is 0 Å². The van der Waals surface area contributed by atoms with Gasteiger partial charge in [0.25, 0.3) is 0 Å². The van der Waals surface area contributed by atoms with E-state index >= 15 is 0 Å². The van der Waals surface area contributed by atoms with E-state index in [1.165, 1.54) is 16.7 Å². The van der Waals surface area contributed by atoms with Crippen LogP contribution in [0.2, 0.25) is 0 Å². The summed E-state index contributed by atoms with van der Waals surface area (Å²) in [5, 5.41) is 0. The molecule has 2 heteroatoms. The standard InChI is InChI=1S/C22H32N2/c1-7-12-20(16-17(4)18(5)19(6)23-9-3)21(13-8-2)22-14-10-11-15-24-22/h7-9,12,14-15,17H,2,10-11,13,16H2,1,3-6H3/b12-7?,19-18+,21-20?,23-9?. The molecule has 0 aliphatic carbocycles. The van der Waals surface area contributed by atoms with Crippen molar-refractivity contribution in [1.82, 2.24) is 0 Å². The van der Waals surface area contributed by atoms with Gasteiger partial charge in [-0.15, -0.1) is 6.58 Å². The highest BCUT2D eigenvalue weighted by Crippen LogP contribution is 2.30. The molecular formula is C22H32N2. The molecule has 0 saturated heterocycles. The molecule has 0 fully saturated rings. The summed E-state index contributed by atoms with van der Waals surface area (Å²) in [7, 11) is 0. The second-order valence-electron chi connectivity index (χ2n) is 6.24. The normalized spacial score (nSPS) is 18.5. The Morgan fingerprint density at radius 2 is 2.08 bits per heavy atom. The Hall–Kier alpha value is -1.96. The van der Waals surface area contributed by atoms with Crippen LogP contribution in [0, 0.1) is 5.92 Å². The third kappa shape index (κ3) is 5.92. The molecule has 1 rings (SSSR count). The van der Waals surface area contributed by atoms with Crippen molar-refractivity contribution in [2.45, 2.75) is 60.3 Å². The minimum Gasteiger partial charge on any atom is -0.266 e. The lowest BCUT2D eigenvalue weighted by Crippen LogP contribution is -2.04. The van der Waals surface area contributed by atoms with E-state index in [9.17, 15) is 0 Å². The topological polar surface area (TPSA) is 24.7 Å². The van der Waals surface area contributed by atoms with Gasteiger partial charge in [0, 0.05) is 18.1 Å². The van der Waals surface area contributed by atoms with Crippen molar-refractivity contribution in [3.05, 3.63) is 59.0 Å². The van der Waals surface area contributed by atoms with E-state index in [0.29, 0.717) is 5.92 Å². The van der Waals surface area contributed by atoms with Crippen LogP contribution in [0.15, 0.2) is 69.0 Å². The SMILES string of the molecule is C=CCC(C1=CCCC=N1)=C(C=CC)CC(C)/C(C)=C(\C)N=CC. The van der Waals surface area contributed by atoms with Crippen LogP contribution in [-0.2, 0) is 0 Å². The van der Waals surface area contributed by atoms with Gasteiger partial charge < -0.3 is 0 Å². The molecule has 0 spiro atoms. The second kappa shape index (κ2) is 10.7. The van der Waals surface area contributed by atoms with Gasteiger partial charge in [0.1, 0.15) is 0 Å². The van der Waals surface area contributed by atoms with E-state index in [1.54, 1.807) is 0 Å². The van der Waals surface area contributed by atoms with Gasteiger partial charge in [0.2, 0.25) is 0 Å². The first-order valence-corrected chi connectivity index (χ1v) is 8.89. The van der Waals surface area contributed by atoms with E-state index in [2.05, 4.69) is 62.5 Å². The Kier molecular flexibility index (Phi) is 8.99. The van der Waals surface area contributed by atoms with E-state index in [-0.39, 0.29) is 0 Å². The summed E-state index contributed by atoms with van der Waals surface area (Å²) in [4.78, 5) is 9.07. The minimum absolute atomic E-state index is 0.438. The lowest BCUT2D eigenvalue weighted by molar-refractivity contribution is 0.666. The van der Waals surface area contributed by atoms with Crippen LogP contribution in [0.5, 0.6) is 0 Å². The third-order valence-corrected chi connectivity index (χ3v) is 4.44. The van der Waals surface area contributed by atoms with E-state index in [1.807, 2.05) is 25.4 Å². The maximum atomic E-state index is 4.63. The fourth-order valence-corrected chi connectivity index (χ4v) is 2.88. The van der Waals surface area contributed by atoms with E-state index in [4.69, 9.17) is 0 Å². The summed E-state index contributed by atoms with van der Waals surface area (Å²) in [5.41, 5.74) is 6.23. The molecule has 2 nitrogen and oxygen atoms in total. The quantitative estimate of drug-likeness (QED) is 0.273. The van der Waals surface area contributed by atoms with Crippen molar-refractivity contribution in [3.8, 4) is 0 Å². The van der Waals surface area contributed by atoms with Crippen LogP contribution in [0.4, 0.5) is 0 Å². The van der Waals surface area contributed by atoms with Crippen molar-refractivity contribution in [2.24, 2.45) is 15.9 Å².